The topological polar surface area (TPSA) is 104 Å². The molecule has 1 atom stereocenters. The molecule has 2 heterocycles. The van der Waals surface area contributed by atoms with Crippen LogP contribution in [0, 0.1) is 0 Å². The molecule has 0 spiro atoms. The SMILES string of the molecule is O=C(CCn1c(O)c(/C=C2\C=Nc3ccccc32)sc1=O)NC(CO)Cc1ccccc1. The lowest BCUT2D eigenvalue weighted by molar-refractivity contribution is -0.122. The number of aliphatic imine (C=N–C) groups is 1. The lowest BCUT2D eigenvalue weighted by Crippen LogP contribution is -2.39. The van der Waals surface area contributed by atoms with Crippen LogP contribution in [-0.4, -0.2) is 39.6 Å². The van der Waals surface area contributed by atoms with E-state index < -0.39 is 6.04 Å². The molecule has 1 aliphatic rings. The minimum Gasteiger partial charge on any atom is -0.493 e. The third-order valence-corrected chi connectivity index (χ3v) is 6.13. The molecule has 0 saturated heterocycles. The first-order valence-corrected chi connectivity index (χ1v) is 11.1. The quantitative estimate of drug-likeness (QED) is 0.492. The lowest BCUT2D eigenvalue weighted by atomic mass is 10.1. The normalized spacial score (nSPS) is 14.5. The second-order valence-corrected chi connectivity index (χ2v) is 8.46. The van der Waals surface area contributed by atoms with Crippen molar-refractivity contribution in [2.75, 3.05) is 6.61 Å². The van der Waals surface area contributed by atoms with E-state index in [4.69, 9.17) is 0 Å². The summed E-state index contributed by atoms with van der Waals surface area (Å²) in [7, 11) is 0. The fraction of sp³-hybridized carbons (Fsp3) is 0.208. The highest BCUT2D eigenvalue weighted by Gasteiger charge is 2.18. The van der Waals surface area contributed by atoms with E-state index in [1.165, 1.54) is 4.57 Å². The molecule has 0 radical (unpaired) electrons. The third-order valence-electron chi connectivity index (χ3n) is 5.21. The molecule has 32 heavy (non-hydrogen) atoms. The maximum atomic E-state index is 12.4. The predicted octanol–water partition coefficient (Wildman–Crippen LogP) is 2.98. The molecule has 164 valence electrons. The Balaban J connectivity index is 1.41. The van der Waals surface area contributed by atoms with Crippen molar-refractivity contribution in [2.45, 2.75) is 25.4 Å². The van der Waals surface area contributed by atoms with Crippen molar-refractivity contribution in [3.05, 3.63) is 80.3 Å². The lowest BCUT2D eigenvalue weighted by Gasteiger charge is -2.16. The molecule has 2 aromatic carbocycles. The Morgan fingerprint density at radius 1 is 1.16 bits per heavy atom. The van der Waals surface area contributed by atoms with E-state index in [1.807, 2.05) is 54.6 Å². The van der Waals surface area contributed by atoms with Crippen LogP contribution in [0.3, 0.4) is 0 Å². The Morgan fingerprint density at radius 3 is 2.69 bits per heavy atom. The molecule has 1 amide bonds. The first-order valence-electron chi connectivity index (χ1n) is 10.3. The number of benzene rings is 2. The average molecular weight is 450 g/mol. The number of thiazole rings is 1. The maximum absolute atomic E-state index is 12.4. The number of amides is 1. The van der Waals surface area contributed by atoms with Crippen molar-refractivity contribution >= 4 is 40.8 Å². The smallest absolute Gasteiger partial charge is 0.310 e. The number of hydrogen-bond donors (Lipinski definition) is 3. The van der Waals surface area contributed by atoms with Crippen LogP contribution >= 0.6 is 11.3 Å². The van der Waals surface area contributed by atoms with Crippen LogP contribution in [0.15, 0.2) is 64.4 Å². The van der Waals surface area contributed by atoms with Crippen molar-refractivity contribution in [1.29, 1.82) is 0 Å². The van der Waals surface area contributed by atoms with Gasteiger partial charge in [-0.1, -0.05) is 59.9 Å². The largest absolute Gasteiger partial charge is 0.493 e. The van der Waals surface area contributed by atoms with Gasteiger partial charge in [0.1, 0.15) is 0 Å². The number of nitrogens with zero attached hydrogens (tertiary/aromatic N) is 2. The summed E-state index contributed by atoms with van der Waals surface area (Å²) in [4.78, 5) is 29.2. The summed E-state index contributed by atoms with van der Waals surface area (Å²) in [5, 5.41) is 22.9. The highest BCUT2D eigenvalue weighted by atomic mass is 32.1. The van der Waals surface area contributed by atoms with Gasteiger partial charge in [-0.15, -0.1) is 0 Å². The summed E-state index contributed by atoms with van der Waals surface area (Å²) < 4.78 is 1.19. The number of para-hydroxylation sites is 1. The monoisotopic (exact) mass is 449 g/mol. The molecule has 1 aromatic heterocycles. The average Bonchev–Trinajstić information content (AvgIpc) is 3.33. The first kappa shape index (κ1) is 21.7. The number of carbonyl (C=O) groups excluding carboxylic acids is 1. The molecule has 1 aliphatic heterocycles. The molecule has 0 aliphatic carbocycles. The van der Waals surface area contributed by atoms with Crippen molar-refractivity contribution in [3.8, 4) is 5.88 Å². The van der Waals surface area contributed by atoms with Gasteiger partial charge in [0, 0.05) is 30.3 Å². The maximum Gasteiger partial charge on any atom is 0.310 e. The van der Waals surface area contributed by atoms with Crippen LogP contribution in [0.25, 0.3) is 11.6 Å². The summed E-state index contributed by atoms with van der Waals surface area (Å²) >= 11 is 0.922. The summed E-state index contributed by atoms with van der Waals surface area (Å²) in [6, 6.07) is 16.8. The van der Waals surface area contributed by atoms with Gasteiger partial charge in [0.15, 0.2) is 0 Å². The number of aromatic nitrogens is 1. The summed E-state index contributed by atoms with van der Waals surface area (Å²) in [6.07, 6.45) is 3.95. The molecular weight excluding hydrogens is 426 g/mol. The fourth-order valence-corrected chi connectivity index (χ4v) is 4.44. The van der Waals surface area contributed by atoms with Gasteiger partial charge in [-0.25, -0.2) is 0 Å². The molecular formula is C24H23N3O4S. The van der Waals surface area contributed by atoms with Gasteiger partial charge in [0.05, 0.1) is 23.2 Å². The number of aliphatic hydroxyl groups excluding tert-OH is 1. The van der Waals surface area contributed by atoms with Crippen molar-refractivity contribution in [1.82, 2.24) is 9.88 Å². The van der Waals surface area contributed by atoms with Crippen molar-refractivity contribution in [3.63, 3.8) is 0 Å². The summed E-state index contributed by atoms with van der Waals surface area (Å²) in [5.74, 6) is -0.463. The molecule has 8 heteroatoms. The second-order valence-electron chi connectivity index (χ2n) is 7.47. The van der Waals surface area contributed by atoms with Crippen molar-refractivity contribution < 1.29 is 15.0 Å². The van der Waals surface area contributed by atoms with Crippen LogP contribution < -0.4 is 10.2 Å². The molecule has 1 unspecified atom stereocenters. The molecule has 3 N–H and O–H groups in total. The number of fused-ring (bicyclic) bond motifs is 1. The van der Waals surface area contributed by atoms with E-state index in [0.717, 1.165) is 33.7 Å². The van der Waals surface area contributed by atoms with E-state index in [0.29, 0.717) is 11.3 Å². The van der Waals surface area contributed by atoms with Gasteiger partial charge in [-0.2, -0.15) is 0 Å². The number of nitrogens with one attached hydrogen (secondary N) is 1. The highest BCUT2D eigenvalue weighted by molar-refractivity contribution is 7.10. The zero-order valence-electron chi connectivity index (χ0n) is 17.3. The highest BCUT2D eigenvalue weighted by Crippen LogP contribution is 2.34. The summed E-state index contributed by atoms with van der Waals surface area (Å²) in [5.41, 5.74) is 3.60. The Hall–Kier alpha value is -3.49. The molecule has 7 nitrogen and oxygen atoms in total. The van der Waals surface area contributed by atoms with Crippen LogP contribution in [0.2, 0.25) is 0 Å². The van der Waals surface area contributed by atoms with E-state index in [1.54, 1.807) is 12.3 Å². The third kappa shape index (κ3) is 4.87. The molecule has 0 fully saturated rings. The van der Waals surface area contributed by atoms with Gasteiger partial charge in [0.2, 0.25) is 11.8 Å². The van der Waals surface area contributed by atoms with E-state index in [-0.39, 0.29) is 36.2 Å². The minimum atomic E-state index is -0.417. The Labute approximate surface area is 189 Å². The van der Waals surface area contributed by atoms with Gasteiger partial charge < -0.3 is 15.5 Å². The first-order chi connectivity index (χ1) is 15.5. The Kier molecular flexibility index (Phi) is 6.63. The number of allylic oxidation sites excluding steroid dienone is 1. The van der Waals surface area contributed by atoms with Crippen LogP contribution in [0.4, 0.5) is 5.69 Å². The van der Waals surface area contributed by atoms with Crippen LogP contribution in [-0.2, 0) is 17.8 Å². The second kappa shape index (κ2) is 9.76. The zero-order chi connectivity index (χ0) is 22.5. The van der Waals surface area contributed by atoms with Crippen molar-refractivity contribution in [2.24, 2.45) is 4.99 Å². The number of hydrogen-bond acceptors (Lipinski definition) is 6. The number of carbonyl (C=O) groups is 1. The predicted molar refractivity (Wildman–Crippen MR) is 126 cm³/mol. The zero-order valence-corrected chi connectivity index (χ0v) is 18.1. The number of rotatable bonds is 8. The minimum absolute atomic E-state index is 0.00972. The van der Waals surface area contributed by atoms with Crippen LogP contribution in [0.5, 0.6) is 5.88 Å². The van der Waals surface area contributed by atoms with E-state index >= 15 is 0 Å². The molecule has 4 rings (SSSR count). The van der Waals surface area contributed by atoms with Gasteiger partial charge in [-0.05, 0) is 24.1 Å². The molecule has 3 aromatic rings. The van der Waals surface area contributed by atoms with Gasteiger partial charge >= 0.3 is 4.87 Å². The molecule has 0 saturated carbocycles. The molecule has 0 bridgehead atoms. The number of aliphatic hydroxyl groups is 1. The van der Waals surface area contributed by atoms with Gasteiger partial charge in [0.25, 0.3) is 0 Å². The Morgan fingerprint density at radius 2 is 1.91 bits per heavy atom. The summed E-state index contributed by atoms with van der Waals surface area (Å²) in [6.45, 7) is -0.143. The standard InChI is InChI=1S/C24H23N3O4S/c28-15-18(12-16-6-2-1-3-7-16)26-22(29)10-11-27-23(30)21(32-24(27)31)13-17-14-25-20-9-5-4-8-19(17)20/h1-9,13-14,18,28,30H,10-12,15H2,(H,26,29)/b17-13+. The fourth-order valence-electron chi connectivity index (χ4n) is 3.57. The van der Waals surface area contributed by atoms with Gasteiger partial charge in [-0.3, -0.25) is 19.1 Å². The van der Waals surface area contributed by atoms with Crippen LogP contribution in [0.1, 0.15) is 22.4 Å². The number of aromatic hydroxyl groups is 1. The van der Waals surface area contributed by atoms with E-state index in [9.17, 15) is 19.8 Å². The van der Waals surface area contributed by atoms with E-state index in [2.05, 4.69) is 10.3 Å². The Bertz CT molecular complexity index is 1230.